The van der Waals surface area contributed by atoms with Crippen LogP contribution in [0.2, 0.25) is 0 Å². The maximum Gasteiger partial charge on any atom is 0.233 e. The van der Waals surface area contributed by atoms with Crippen LogP contribution < -0.4 is 5.32 Å². The Labute approximate surface area is 179 Å². The molecule has 0 aromatic heterocycles. The normalized spacial score (nSPS) is 31.6. The highest BCUT2D eigenvalue weighted by Crippen LogP contribution is 2.51. The molecule has 5 fully saturated rings. The maximum atomic E-state index is 13.5. The molecule has 6 rings (SSSR count). The fourth-order valence-corrected chi connectivity index (χ4v) is 6.49. The summed E-state index contributed by atoms with van der Waals surface area (Å²) in [5.74, 6) is 2.03. The number of hydrogen-bond acceptors (Lipinski definition) is 3. The molecular weight excluding hydrogens is 374 g/mol. The third kappa shape index (κ3) is 2.92. The lowest BCUT2D eigenvalue weighted by atomic mass is 9.75. The van der Waals surface area contributed by atoms with Gasteiger partial charge < -0.3 is 15.1 Å². The smallest absolute Gasteiger partial charge is 0.233 e. The SMILES string of the molecule is Cc1ccc(C2(C(=O)N3CCC4(CC3)NC(=O)[C@@H]3CN(CC5CC5)C[C@@H]34)CC2)cc1. The molecule has 1 aromatic carbocycles. The molecule has 0 radical (unpaired) electrons. The largest absolute Gasteiger partial charge is 0.350 e. The number of carbonyl (C=O) groups excluding carboxylic acids is 2. The number of piperidine rings is 1. The molecule has 2 amide bonds. The predicted molar refractivity (Wildman–Crippen MR) is 115 cm³/mol. The predicted octanol–water partition coefficient (Wildman–Crippen LogP) is 2.48. The van der Waals surface area contributed by atoms with Crippen molar-refractivity contribution in [1.82, 2.24) is 15.1 Å². The van der Waals surface area contributed by atoms with Gasteiger partial charge in [-0.1, -0.05) is 29.8 Å². The second-order valence-electron chi connectivity index (χ2n) is 10.8. The van der Waals surface area contributed by atoms with Gasteiger partial charge in [0.05, 0.1) is 11.3 Å². The van der Waals surface area contributed by atoms with Crippen LogP contribution in [-0.2, 0) is 15.0 Å². The minimum atomic E-state index is -0.284. The van der Waals surface area contributed by atoms with Crippen LogP contribution in [0.5, 0.6) is 0 Å². The van der Waals surface area contributed by atoms with Crippen molar-refractivity contribution in [3.8, 4) is 0 Å². The van der Waals surface area contributed by atoms with Crippen molar-refractivity contribution in [3.05, 3.63) is 35.4 Å². The van der Waals surface area contributed by atoms with E-state index in [0.29, 0.717) is 11.8 Å². The van der Waals surface area contributed by atoms with E-state index in [0.717, 1.165) is 57.8 Å². The van der Waals surface area contributed by atoms with Crippen molar-refractivity contribution in [3.63, 3.8) is 0 Å². The van der Waals surface area contributed by atoms with E-state index >= 15 is 0 Å². The van der Waals surface area contributed by atoms with Crippen LogP contribution in [0, 0.1) is 24.7 Å². The third-order valence-corrected chi connectivity index (χ3v) is 8.73. The molecule has 160 valence electrons. The van der Waals surface area contributed by atoms with Gasteiger partial charge in [0.25, 0.3) is 0 Å². The zero-order valence-electron chi connectivity index (χ0n) is 18.0. The van der Waals surface area contributed by atoms with Gasteiger partial charge in [0.2, 0.25) is 11.8 Å². The van der Waals surface area contributed by atoms with Crippen LogP contribution in [0.25, 0.3) is 0 Å². The summed E-state index contributed by atoms with van der Waals surface area (Å²) >= 11 is 0. The van der Waals surface area contributed by atoms with Gasteiger partial charge in [-0.15, -0.1) is 0 Å². The topological polar surface area (TPSA) is 52.7 Å². The average Bonchev–Trinajstić information content (AvgIpc) is 3.65. The molecule has 2 aliphatic carbocycles. The average molecular weight is 408 g/mol. The minimum absolute atomic E-state index is 0.0859. The number of hydrogen-bond donors (Lipinski definition) is 1. The highest BCUT2D eigenvalue weighted by molar-refractivity contribution is 5.91. The molecule has 3 heterocycles. The number of benzene rings is 1. The second-order valence-corrected chi connectivity index (χ2v) is 10.8. The summed E-state index contributed by atoms with van der Waals surface area (Å²) in [6, 6.07) is 8.52. The van der Waals surface area contributed by atoms with E-state index < -0.39 is 0 Å². The first kappa shape index (κ1) is 18.9. The van der Waals surface area contributed by atoms with Gasteiger partial charge in [0.15, 0.2) is 0 Å². The summed E-state index contributed by atoms with van der Waals surface area (Å²) in [5, 5.41) is 3.41. The Hall–Kier alpha value is -1.88. The minimum Gasteiger partial charge on any atom is -0.350 e. The summed E-state index contributed by atoms with van der Waals surface area (Å²) in [5.41, 5.74) is 2.05. The van der Waals surface area contributed by atoms with Crippen molar-refractivity contribution < 1.29 is 9.59 Å². The Balaban J connectivity index is 1.14. The Kier molecular flexibility index (Phi) is 4.12. The standard InChI is InChI=1S/C25H33N3O2/c1-17-2-6-19(7-3-17)24(8-9-24)23(30)28-12-10-25(11-13-28)21-16-27(14-18-4-5-18)15-20(21)22(29)26-25/h2-3,6-7,18,20-21H,4-5,8-16H2,1H3,(H,26,29)/t20-,21+/m1/s1. The first-order valence-corrected chi connectivity index (χ1v) is 11.9. The molecule has 5 aliphatic rings. The molecule has 30 heavy (non-hydrogen) atoms. The lowest BCUT2D eigenvalue weighted by molar-refractivity contribution is -0.136. The van der Waals surface area contributed by atoms with Crippen LogP contribution in [0.3, 0.4) is 0 Å². The first-order valence-electron chi connectivity index (χ1n) is 11.9. The van der Waals surface area contributed by atoms with E-state index in [4.69, 9.17) is 0 Å². The van der Waals surface area contributed by atoms with Crippen molar-refractivity contribution in [2.75, 3.05) is 32.7 Å². The summed E-state index contributed by atoms with van der Waals surface area (Å²) < 4.78 is 0. The Morgan fingerprint density at radius 2 is 1.77 bits per heavy atom. The number of nitrogens with one attached hydrogen (secondary N) is 1. The fourth-order valence-electron chi connectivity index (χ4n) is 6.49. The van der Waals surface area contributed by atoms with E-state index in [9.17, 15) is 9.59 Å². The molecule has 5 nitrogen and oxygen atoms in total. The van der Waals surface area contributed by atoms with Crippen molar-refractivity contribution in [2.45, 2.75) is 56.4 Å². The molecule has 0 unspecified atom stereocenters. The number of fused-ring (bicyclic) bond motifs is 2. The van der Waals surface area contributed by atoms with Gasteiger partial charge in [0.1, 0.15) is 0 Å². The zero-order valence-corrected chi connectivity index (χ0v) is 18.0. The summed E-state index contributed by atoms with van der Waals surface area (Å²) in [6.07, 6.45) is 6.48. The Morgan fingerprint density at radius 1 is 1.07 bits per heavy atom. The summed E-state index contributed by atoms with van der Waals surface area (Å²) in [7, 11) is 0. The highest BCUT2D eigenvalue weighted by atomic mass is 16.2. The third-order valence-electron chi connectivity index (χ3n) is 8.73. The molecular formula is C25H33N3O2. The van der Waals surface area contributed by atoms with E-state index in [1.54, 1.807) is 0 Å². The fraction of sp³-hybridized carbons (Fsp3) is 0.680. The Bertz CT molecular complexity index is 863. The molecule has 0 bridgehead atoms. The van der Waals surface area contributed by atoms with Crippen LogP contribution in [0.1, 0.15) is 49.7 Å². The monoisotopic (exact) mass is 407 g/mol. The van der Waals surface area contributed by atoms with Crippen molar-refractivity contribution in [1.29, 1.82) is 0 Å². The molecule has 2 atom stereocenters. The number of rotatable bonds is 4. The quantitative estimate of drug-likeness (QED) is 0.834. The van der Waals surface area contributed by atoms with Crippen LogP contribution in [-0.4, -0.2) is 59.9 Å². The molecule has 1 spiro atoms. The van der Waals surface area contributed by atoms with Gasteiger partial charge in [-0.3, -0.25) is 9.59 Å². The van der Waals surface area contributed by atoms with E-state index in [1.165, 1.54) is 30.5 Å². The number of likely N-dealkylation sites (tertiary alicyclic amines) is 2. The molecule has 1 aromatic rings. The molecule has 3 aliphatic heterocycles. The van der Waals surface area contributed by atoms with Gasteiger partial charge in [-0.2, -0.15) is 0 Å². The number of carbonyl (C=O) groups is 2. The van der Waals surface area contributed by atoms with E-state index in [2.05, 4.69) is 46.3 Å². The van der Waals surface area contributed by atoms with Crippen LogP contribution in [0.4, 0.5) is 0 Å². The number of amides is 2. The van der Waals surface area contributed by atoms with Crippen molar-refractivity contribution in [2.24, 2.45) is 17.8 Å². The second kappa shape index (κ2) is 6.56. The maximum absolute atomic E-state index is 13.5. The summed E-state index contributed by atoms with van der Waals surface area (Å²) in [4.78, 5) is 30.9. The lowest BCUT2D eigenvalue weighted by Crippen LogP contribution is -2.57. The lowest BCUT2D eigenvalue weighted by Gasteiger charge is -2.43. The molecule has 3 saturated heterocycles. The molecule has 1 N–H and O–H groups in total. The van der Waals surface area contributed by atoms with Crippen LogP contribution in [0.15, 0.2) is 24.3 Å². The van der Waals surface area contributed by atoms with Gasteiger partial charge >= 0.3 is 0 Å². The van der Waals surface area contributed by atoms with Gasteiger partial charge in [0, 0.05) is 44.2 Å². The molecule has 5 heteroatoms. The Morgan fingerprint density at radius 3 is 2.40 bits per heavy atom. The van der Waals surface area contributed by atoms with E-state index in [-0.39, 0.29) is 22.8 Å². The first-order chi connectivity index (χ1) is 14.5. The number of nitrogens with zero attached hydrogens (tertiary/aromatic N) is 2. The molecule has 2 saturated carbocycles. The number of aryl methyl sites for hydroxylation is 1. The summed E-state index contributed by atoms with van der Waals surface area (Å²) in [6.45, 7) is 6.82. The highest BCUT2D eigenvalue weighted by Gasteiger charge is 2.59. The van der Waals surface area contributed by atoms with Gasteiger partial charge in [-0.05, 0) is 56.9 Å². The van der Waals surface area contributed by atoms with Crippen LogP contribution >= 0.6 is 0 Å². The van der Waals surface area contributed by atoms with E-state index in [1.807, 2.05) is 0 Å². The van der Waals surface area contributed by atoms with Gasteiger partial charge in [-0.25, -0.2) is 0 Å². The zero-order chi connectivity index (χ0) is 20.5. The van der Waals surface area contributed by atoms with Crippen molar-refractivity contribution >= 4 is 11.8 Å².